The second-order valence-corrected chi connectivity index (χ2v) is 4.34. The average Bonchev–Trinajstić information content (AvgIpc) is 2.18. The van der Waals surface area contributed by atoms with Crippen molar-refractivity contribution in [3.05, 3.63) is 30.1 Å². The highest BCUT2D eigenvalue weighted by atomic mass is 32.2. The molecule has 0 fully saturated rings. The first kappa shape index (κ1) is 36.4. The van der Waals surface area contributed by atoms with E-state index in [-0.39, 0.29) is 39.6 Å². The van der Waals surface area contributed by atoms with E-state index in [1.54, 1.807) is 19.2 Å². The number of hydrogen-bond donors (Lipinski definition) is 2. The Balaban J connectivity index is -0.0000000395. The summed E-state index contributed by atoms with van der Waals surface area (Å²) in [6.07, 6.45) is 2.13. The molecule has 20 heavy (non-hydrogen) atoms. The fourth-order valence-electron chi connectivity index (χ4n) is 0.750. The molecule has 1 heterocycles. The summed E-state index contributed by atoms with van der Waals surface area (Å²) in [5.74, 6) is -0.132. The van der Waals surface area contributed by atoms with E-state index in [2.05, 4.69) is 4.98 Å². The monoisotopic (exact) mass is 327 g/mol. The van der Waals surface area contributed by atoms with Gasteiger partial charge in [-0.05, 0) is 18.6 Å². The molecule has 0 aliphatic heterocycles. The van der Waals surface area contributed by atoms with Gasteiger partial charge in [-0.25, -0.2) is 0 Å². The maximum absolute atomic E-state index is 9.79. The number of nitrogens with zero attached hydrogens (tertiary/aromatic N) is 1. The van der Waals surface area contributed by atoms with Crippen LogP contribution in [0.25, 0.3) is 0 Å². The molecule has 0 saturated carbocycles. The fourth-order valence-corrected chi connectivity index (χ4v) is 1.27. The van der Waals surface area contributed by atoms with Crippen LogP contribution in [0, 0.1) is 0 Å². The zero-order valence-electron chi connectivity index (χ0n) is 10.1. The van der Waals surface area contributed by atoms with E-state index in [4.69, 9.17) is 9.66 Å². The maximum Gasteiger partial charge on any atom is 0.264 e. The van der Waals surface area contributed by atoms with Gasteiger partial charge < -0.3 is 5.11 Å². The lowest BCUT2D eigenvalue weighted by atomic mass is 10.4. The van der Waals surface area contributed by atoms with E-state index in [0.29, 0.717) is 12.1 Å². The van der Waals surface area contributed by atoms with Crippen LogP contribution < -0.4 is 0 Å². The highest BCUT2D eigenvalue weighted by molar-refractivity contribution is 7.85. The van der Waals surface area contributed by atoms with Gasteiger partial charge in [0.25, 0.3) is 10.1 Å². The molecule has 0 radical (unpaired) electrons. The second kappa shape index (κ2) is 20.1. The standard InChI is InChI=1S/C6H7NO.C3H8O3S.BH3.4FH/c8-5-6-3-1-2-4-7-6;1-2-3-7(4,5)6;;;;;/h1-4,8H,5H2;2-3H2,1H3,(H,4,5,6);1H3;4*1H. The van der Waals surface area contributed by atoms with Crippen molar-refractivity contribution in [2.24, 2.45) is 0 Å². The van der Waals surface area contributed by atoms with Gasteiger partial charge >= 0.3 is 0 Å². The van der Waals surface area contributed by atoms with Crippen molar-refractivity contribution in [2.75, 3.05) is 5.75 Å². The van der Waals surface area contributed by atoms with Crippen molar-refractivity contribution in [3.63, 3.8) is 0 Å². The molecule has 0 saturated heterocycles. The van der Waals surface area contributed by atoms with Crippen LogP contribution >= 0.6 is 0 Å². The number of aliphatic hydroxyl groups is 1. The minimum Gasteiger partial charge on any atom is -0.390 e. The molecule has 0 aliphatic carbocycles. The lowest BCUT2D eigenvalue weighted by molar-refractivity contribution is 0.277. The maximum atomic E-state index is 9.79. The topological polar surface area (TPSA) is 87.5 Å². The largest absolute Gasteiger partial charge is 0.390 e. The van der Waals surface area contributed by atoms with Gasteiger partial charge in [-0.1, -0.05) is 13.0 Å². The third kappa shape index (κ3) is 25.6. The Labute approximate surface area is 117 Å². The van der Waals surface area contributed by atoms with E-state index < -0.39 is 10.1 Å². The smallest absolute Gasteiger partial charge is 0.264 e. The molecule has 5 nitrogen and oxygen atoms in total. The van der Waals surface area contributed by atoms with Gasteiger partial charge in [-0.15, -0.1) is 0 Å². The summed E-state index contributed by atoms with van der Waals surface area (Å²) in [5.41, 5.74) is 0.715. The number of hydrogen-bond acceptors (Lipinski definition) is 4. The Morgan fingerprint density at radius 2 is 1.65 bits per heavy atom. The minimum atomic E-state index is -3.67. The van der Waals surface area contributed by atoms with E-state index in [9.17, 15) is 8.42 Å². The van der Waals surface area contributed by atoms with Gasteiger partial charge in [0.1, 0.15) is 0 Å². The number of halogens is 4. The molecule has 1 aromatic rings. The van der Waals surface area contributed by atoms with Crippen molar-refractivity contribution in [3.8, 4) is 0 Å². The van der Waals surface area contributed by atoms with Crippen LogP contribution in [0.15, 0.2) is 24.4 Å². The van der Waals surface area contributed by atoms with Gasteiger partial charge in [0.2, 0.25) is 0 Å². The van der Waals surface area contributed by atoms with Crippen LogP contribution in [-0.4, -0.2) is 37.2 Å². The van der Waals surface area contributed by atoms with E-state index in [0.717, 1.165) is 0 Å². The summed E-state index contributed by atoms with van der Waals surface area (Å²) in [6, 6.07) is 5.44. The lowest BCUT2D eigenvalue weighted by Crippen LogP contribution is -2.01. The molecule has 0 bridgehead atoms. The zero-order valence-corrected chi connectivity index (χ0v) is 10.9. The number of aliphatic hydroxyl groups excluding tert-OH is 1. The molecule has 124 valence electrons. The van der Waals surface area contributed by atoms with Gasteiger partial charge in [0.15, 0.2) is 0 Å². The first-order valence-corrected chi connectivity index (χ1v) is 6.06. The third-order valence-electron chi connectivity index (χ3n) is 1.35. The van der Waals surface area contributed by atoms with Crippen molar-refractivity contribution in [1.82, 2.24) is 4.98 Å². The van der Waals surface area contributed by atoms with Crippen LogP contribution in [-0.2, 0) is 16.7 Å². The number of rotatable bonds is 3. The molecule has 0 aromatic carbocycles. The van der Waals surface area contributed by atoms with E-state index >= 15 is 0 Å². The van der Waals surface area contributed by atoms with Crippen molar-refractivity contribution >= 4 is 18.5 Å². The van der Waals surface area contributed by atoms with Gasteiger partial charge in [0.05, 0.1) is 26.5 Å². The first-order chi connectivity index (χ1) is 6.99. The Morgan fingerprint density at radius 3 is 1.80 bits per heavy atom. The van der Waals surface area contributed by atoms with E-state index in [1.807, 2.05) is 12.1 Å². The van der Waals surface area contributed by atoms with Crippen LogP contribution in [0.1, 0.15) is 19.0 Å². The fraction of sp³-hybridized carbons (Fsp3) is 0.444. The molecule has 11 heteroatoms. The normalized spacial score (nSPS) is 7.75. The van der Waals surface area contributed by atoms with Gasteiger partial charge in [-0.3, -0.25) is 28.4 Å². The number of pyridine rings is 1. The summed E-state index contributed by atoms with van der Waals surface area (Å²) < 4.78 is 27.6. The molecular weight excluding hydrogens is 305 g/mol. The molecule has 1 aromatic heterocycles. The molecule has 0 amide bonds. The quantitative estimate of drug-likeness (QED) is 0.473. The zero-order chi connectivity index (χ0) is 11.7. The van der Waals surface area contributed by atoms with Crippen LogP contribution in [0.5, 0.6) is 0 Å². The molecule has 0 atom stereocenters. The third-order valence-corrected chi connectivity index (χ3v) is 2.27. The molecule has 0 unspecified atom stereocenters. The summed E-state index contributed by atoms with van der Waals surface area (Å²) >= 11 is 0. The van der Waals surface area contributed by atoms with Crippen LogP contribution in [0.2, 0.25) is 0 Å². The molecule has 0 aliphatic rings. The highest BCUT2D eigenvalue weighted by Crippen LogP contribution is 1.89. The van der Waals surface area contributed by atoms with Gasteiger partial charge in [-0.2, -0.15) is 8.42 Å². The number of aromatic nitrogens is 1. The molecular formula is C9H22BF4NO4S. The van der Waals surface area contributed by atoms with Gasteiger partial charge in [0, 0.05) is 6.20 Å². The average molecular weight is 327 g/mol. The Hall–Kier alpha value is -1.20. The minimum absolute atomic E-state index is 0. The summed E-state index contributed by atoms with van der Waals surface area (Å²) in [7, 11) is -3.67. The Morgan fingerprint density at radius 1 is 1.15 bits per heavy atom. The van der Waals surface area contributed by atoms with Crippen molar-refractivity contribution in [1.29, 1.82) is 0 Å². The molecule has 1 rings (SSSR count). The molecule has 2 N–H and O–H groups in total. The van der Waals surface area contributed by atoms with Crippen LogP contribution in [0.3, 0.4) is 0 Å². The Bertz CT molecular complexity index is 369. The summed E-state index contributed by atoms with van der Waals surface area (Å²) in [6.45, 7) is 1.72. The lowest BCUT2D eigenvalue weighted by Gasteiger charge is -1.88. The predicted molar refractivity (Wildman–Crippen MR) is 76.8 cm³/mol. The summed E-state index contributed by atoms with van der Waals surface area (Å²) in [5, 5.41) is 8.48. The van der Waals surface area contributed by atoms with Crippen molar-refractivity contribution in [2.45, 2.75) is 20.0 Å². The highest BCUT2D eigenvalue weighted by Gasteiger charge is 1.98. The second-order valence-electron chi connectivity index (χ2n) is 2.77. The predicted octanol–water partition coefficient (Wildman–Crippen LogP) is 0.284. The summed E-state index contributed by atoms with van der Waals surface area (Å²) in [4.78, 5) is 3.85. The van der Waals surface area contributed by atoms with Crippen molar-refractivity contribution < 1.29 is 36.9 Å². The van der Waals surface area contributed by atoms with Crippen LogP contribution in [0.4, 0.5) is 18.8 Å². The van der Waals surface area contributed by atoms with E-state index in [1.165, 1.54) is 0 Å². The first-order valence-electron chi connectivity index (χ1n) is 4.45. The Kier molecular flexibility index (Phi) is 36.6. The molecule has 0 spiro atoms. The SMILES string of the molecule is B.CCCS(=O)(=O)O.F.F.F.F.OCc1ccccn1.